The molecule has 0 heterocycles. The smallest absolute Gasteiger partial charge is 0.306 e. The Morgan fingerprint density at radius 1 is 0.244 bits per heavy atom. The summed E-state index contributed by atoms with van der Waals surface area (Å²) in [6.45, 7) is 6.65. The lowest BCUT2D eigenvalue weighted by atomic mass is 10.0. The second-order valence-corrected chi connectivity index (χ2v) is 24.1. The molecule has 6 nitrogen and oxygen atoms in total. The first kappa shape index (κ1) is 78.8. The third-order valence-electron chi connectivity index (χ3n) is 15.9. The molecule has 0 aliphatic carbocycles. The predicted molar refractivity (Wildman–Crippen MR) is 358 cm³/mol. The van der Waals surface area contributed by atoms with E-state index in [0.717, 1.165) is 89.9 Å². The normalized spacial score (nSPS) is 12.5. The number of hydrogen-bond acceptors (Lipinski definition) is 6. The third-order valence-corrected chi connectivity index (χ3v) is 15.9. The van der Waals surface area contributed by atoms with Gasteiger partial charge in [-0.3, -0.25) is 14.4 Å². The molecule has 476 valence electrons. The van der Waals surface area contributed by atoms with Crippen LogP contribution in [0.25, 0.3) is 0 Å². The highest BCUT2D eigenvalue weighted by atomic mass is 16.6. The molecule has 0 aliphatic heterocycles. The van der Waals surface area contributed by atoms with Crippen molar-refractivity contribution in [3.05, 3.63) is 72.9 Å². The lowest BCUT2D eigenvalue weighted by molar-refractivity contribution is -0.167. The van der Waals surface area contributed by atoms with Crippen LogP contribution in [0.2, 0.25) is 0 Å². The zero-order valence-corrected chi connectivity index (χ0v) is 54.8. The van der Waals surface area contributed by atoms with Gasteiger partial charge in [-0.05, 0) is 96.3 Å². The van der Waals surface area contributed by atoms with Gasteiger partial charge in [0, 0.05) is 19.3 Å². The van der Waals surface area contributed by atoms with Gasteiger partial charge in [0.05, 0.1) is 0 Å². The Kier molecular flexibility index (Phi) is 67.6. The summed E-state index contributed by atoms with van der Waals surface area (Å²) >= 11 is 0. The fourth-order valence-electron chi connectivity index (χ4n) is 10.5. The molecule has 0 aromatic heterocycles. The summed E-state index contributed by atoms with van der Waals surface area (Å²) in [6, 6.07) is 0. The molecule has 0 fully saturated rings. The number of unbranched alkanes of at least 4 members (excludes halogenated alkanes) is 43. The Morgan fingerprint density at radius 2 is 0.439 bits per heavy atom. The van der Waals surface area contributed by atoms with Crippen LogP contribution in [0, 0.1) is 0 Å². The van der Waals surface area contributed by atoms with E-state index in [-0.39, 0.29) is 31.1 Å². The summed E-state index contributed by atoms with van der Waals surface area (Å²) in [5.41, 5.74) is 0. The van der Waals surface area contributed by atoms with E-state index in [0.29, 0.717) is 19.3 Å². The van der Waals surface area contributed by atoms with Gasteiger partial charge in [0.2, 0.25) is 0 Å². The predicted octanol–water partition coefficient (Wildman–Crippen LogP) is 24.8. The topological polar surface area (TPSA) is 78.9 Å². The lowest BCUT2D eigenvalue weighted by Crippen LogP contribution is -2.30. The molecule has 82 heavy (non-hydrogen) atoms. The fraction of sp³-hybridized carbons (Fsp3) is 0.803. The van der Waals surface area contributed by atoms with E-state index < -0.39 is 6.10 Å². The highest BCUT2D eigenvalue weighted by Crippen LogP contribution is 2.18. The maximum atomic E-state index is 13.0. The Balaban J connectivity index is 4.36. The summed E-state index contributed by atoms with van der Waals surface area (Å²) in [6.07, 6.45) is 92.0. The van der Waals surface area contributed by atoms with Crippen molar-refractivity contribution in [3.8, 4) is 0 Å². The number of esters is 3. The molecule has 0 N–H and O–H groups in total. The van der Waals surface area contributed by atoms with Crippen LogP contribution < -0.4 is 0 Å². The van der Waals surface area contributed by atoms with Gasteiger partial charge < -0.3 is 14.2 Å². The quantitative estimate of drug-likeness (QED) is 0.0261. The van der Waals surface area contributed by atoms with E-state index in [1.165, 1.54) is 244 Å². The molecule has 0 radical (unpaired) electrons. The largest absolute Gasteiger partial charge is 0.462 e. The van der Waals surface area contributed by atoms with Crippen molar-refractivity contribution >= 4 is 17.9 Å². The Bertz CT molecular complexity index is 1500. The zero-order valence-electron chi connectivity index (χ0n) is 54.8. The summed E-state index contributed by atoms with van der Waals surface area (Å²) in [7, 11) is 0. The van der Waals surface area contributed by atoms with Gasteiger partial charge in [0.15, 0.2) is 6.10 Å². The summed E-state index contributed by atoms with van der Waals surface area (Å²) in [5, 5.41) is 0. The van der Waals surface area contributed by atoms with Gasteiger partial charge in [-0.1, -0.05) is 331 Å². The molecular weight excluding hydrogens is 1010 g/mol. The van der Waals surface area contributed by atoms with Crippen molar-refractivity contribution < 1.29 is 28.6 Å². The van der Waals surface area contributed by atoms with E-state index in [9.17, 15) is 14.4 Å². The van der Waals surface area contributed by atoms with E-state index in [1.807, 2.05) is 0 Å². The summed E-state index contributed by atoms with van der Waals surface area (Å²) < 4.78 is 17.0. The molecular formula is C76H136O6. The standard InChI is InChI=1S/C76H136O6/c1-4-7-10-13-16-19-22-25-28-31-34-36-37-38-39-40-43-45-48-51-54-57-60-63-66-69-75(78)81-72-73(71-80-74(77)68-65-62-59-56-53-50-47-44-41-33-30-27-24-21-18-15-12-9-6-3)82-76(79)70-67-64-61-58-55-52-49-46-42-35-32-29-26-23-20-17-14-11-8-5-2/h18,21-22,25,27,30-31,34,37-38,41,44,73H,4-17,19-20,23-24,26,28-29,32-33,35-36,39-40,42-43,45-72H2,1-3H3/b21-18-,25-22-,30-27-,34-31-,38-37-,44-41-. The molecule has 0 rings (SSSR count). The van der Waals surface area contributed by atoms with Crippen LogP contribution in [0.1, 0.15) is 374 Å². The molecule has 1 atom stereocenters. The second-order valence-electron chi connectivity index (χ2n) is 24.1. The third kappa shape index (κ3) is 67.6. The van der Waals surface area contributed by atoms with Crippen molar-refractivity contribution in [1.82, 2.24) is 0 Å². The number of rotatable bonds is 66. The van der Waals surface area contributed by atoms with Crippen LogP contribution in [0.15, 0.2) is 72.9 Å². The first-order chi connectivity index (χ1) is 40.5. The first-order valence-corrected chi connectivity index (χ1v) is 35.9. The van der Waals surface area contributed by atoms with Crippen LogP contribution in [0.4, 0.5) is 0 Å². The van der Waals surface area contributed by atoms with Crippen LogP contribution in [0.3, 0.4) is 0 Å². The lowest BCUT2D eigenvalue weighted by Gasteiger charge is -2.18. The van der Waals surface area contributed by atoms with E-state index in [4.69, 9.17) is 14.2 Å². The van der Waals surface area contributed by atoms with Gasteiger partial charge in [0.1, 0.15) is 13.2 Å². The van der Waals surface area contributed by atoms with Crippen molar-refractivity contribution in [3.63, 3.8) is 0 Å². The summed E-state index contributed by atoms with van der Waals surface area (Å²) in [5.74, 6) is -0.871. The fourth-order valence-corrected chi connectivity index (χ4v) is 10.5. The van der Waals surface area contributed by atoms with Gasteiger partial charge in [-0.25, -0.2) is 0 Å². The van der Waals surface area contributed by atoms with Gasteiger partial charge in [-0.15, -0.1) is 0 Å². The molecule has 0 aromatic carbocycles. The molecule has 0 amide bonds. The molecule has 0 bridgehead atoms. The van der Waals surface area contributed by atoms with Gasteiger partial charge >= 0.3 is 17.9 Å². The number of carbonyl (C=O) groups is 3. The van der Waals surface area contributed by atoms with Crippen molar-refractivity contribution in [2.75, 3.05) is 13.2 Å². The minimum atomic E-state index is -0.783. The number of hydrogen-bond donors (Lipinski definition) is 0. The van der Waals surface area contributed by atoms with Crippen LogP contribution in [-0.2, 0) is 28.6 Å². The van der Waals surface area contributed by atoms with Crippen LogP contribution in [0.5, 0.6) is 0 Å². The van der Waals surface area contributed by atoms with Crippen molar-refractivity contribution in [1.29, 1.82) is 0 Å². The van der Waals surface area contributed by atoms with Crippen LogP contribution >= 0.6 is 0 Å². The maximum absolute atomic E-state index is 13.0. The minimum absolute atomic E-state index is 0.0784. The summed E-state index contributed by atoms with van der Waals surface area (Å²) in [4.78, 5) is 38.5. The molecule has 0 spiro atoms. The monoisotopic (exact) mass is 1150 g/mol. The highest BCUT2D eigenvalue weighted by molar-refractivity contribution is 5.71. The second kappa shape index (κ2) is 70.3. The van der Waals surface area contributed by atoms with E-state index in [1.54, 1.807) is 0 Å². The van der Waals surface area contributed by atoms with E-state index in [2.05, 4.69) is 93.7 Å². The van der Waals surface area contributed by atoms with E-state index >= 15 is 0 Å². The molecule has 0 aromatic rings. The Hall–Kier alpha value is -3.15. The number of carbonyl (C=O) groups excluding carboxylic acids is 3. The molecule has 1 unspecified atom stereocenters. The van der Waals surface area contributed by atoms with Gasteiger partial charge in [0.25, 0.3) is 0 Å². The molecule has 0 saturated carbocycles. The van der Waals surface area contributed by atoms with Crippen molar-refractivity contribution in [2.24, 2.45) is 0 Å². The van der Waals surface area contributed by atoms with Crippen molar-refractivity contribution in [2.45, 2.75) is 380 Å². The number of allylic oxidation sites excluding steroid dienone is 12. The number of ether oxygens (including phenoxy) is 3. The minimum Gasteiger partial charge on any atom is -0.462 e. The van der Waals surface area contributed by atoms with Crippen LogP contribution in [-0.4, -0.2) is 37.2 Å². The molecule has 0 saturated heterocycles. The highest BCUT2D eigenvalue weighted by Gasteiger charge is 2.19. The average Bonchev–Trinajstić information content (AvgIpc) is 3.47. The molecule has 6 heteroatoms. The average molecular weight is 1150 g/mol. The first-order valence-electron chi connectivity index (χ1n) is 35.9. The van der Waals surface area contributed by atoms with Gasteiger partial charge in [-0.2, -0.15) is 0 Å². The SMILES string of the molecule is CCCCC/C=C\C/C=C\C/C=C\CCCCCCCCC(=O)OCC(COC(=O)CCCCCCCCCCCC/C=C\C/C=C\C/C=C\CCCCCCC)OC(=O)CCCCCCCCCCCCCCCCCCCCCC. The maximum Gasteiger partial charge on any atom is 0.306 e. The zero-order chi connectivity index (χ0) is 59.2. The molecule has 0 aliphatic rings. The Labute approximate surface area is 510 Å². The Morgan fingerprint density at radius 3 is 0.707 bits per heavy atom.